The van der Waals surface area contributed by atoms with Crippen LogP contribution in [0.5, 0.6) is 0 Å². The molecule has 1 amide bonds. The van der Waals surface area contributed by atoms with Gasteiger partial charge in [0.1, 0.15) is 0 Å². The average Bonchev–Trinajstić information content (AvgIpc) is 3.28. The molecule has 5 rings (SSSR count). The maximum atomic E-state index is 12.5. The Balaban J connectivity index is 1.14. The van der Waals surface area contributed by atoms with Crippen LogP contribution in [0.2, 0.25) is 0 Å². The Bertz CT molecular complexity index is 1190. The van der Waals surface area contributed by atoms with Crippen molar-refractivity contribution in [3.63, 3.8) is 0 Å². The number of aromatic amines is 1. The summed E-state index contributed by atoms with van der Waals surface area (Å²) in [5.41, 5.74) is 3.48. The van der Waals surface area contributed by atoms with Gasteiger partial charge in [-0.25, -0.2) is 0 Å². The molecule has 0 spiro atoms. The molecular formula is C27H28N4O. The number of hydrogen-bond donors (Lipinski definition) is 2. The quantitative estimate of drug-likeness (QED) is 0.451. The van der Waals surface area contributed by atoms with E-state index in [-0.39, 0.29) is 5.91 Å². The molecule has 1 fully saturated rings. The van der Waals surface area contributed by atoms with E-state index in [9.17, 15) is 4.79 Å². The van der Waals surface area contributed by atoms with Crippen LogP contribution in [0.25, 0.3) is 10.8 Å². The second-order valence-corrected chi connectivity index (χ2v) is 8.65. The first-order chi connectivity index (χ1) is 15.7. The van der Waals surface area contributed by atoms with Gasteiger partial charge in [0.05, 0.1) is 6.42 Å². The number of H-pyrrole nitrogens is 1. The number of hydrogen-bond acceptors (Lipinski definition) is 3. The van der Waals surface area contributed by atoms with Crippen molar-refractivity contribution in [3.05, 3.63) is 95.7 Å². The van der Waals surface area contributed by atoms with Crippen molar-refractivity contribution in [1.29, 1.82) is 0 Å². The maximum absolute atomic E-state index is 12.5. The summed E-state index contributed by atoms with van der Waals surface area (Å²) >= 11 is 0. The predicted molar refractivity (Wildman–Crippen MR) is 129 cm³/mol. The van der Waals surface area contributed by atoms with E-state index in [1.807, 2.05) is 24.3 Å². The van der Waals surface area contributed by atoms with E-state index in [1.165, 1.54) is 10.9 Å². The number of piperidine rings is 1. The Kier molecular flexibility index (Phi) is 5.99. The van der Waals surface area contributed by atoms with Gasteiger partial charge in [-0.2, -0.15) is 5.10 Å². The first-order valence-corrected chi connectivity index (χ1v) is 11.3. The van der Waals surface area contributed by atoms with E-state index in [1.54, 1.807) is 0 Å². The molecule has 4 aromatic rings. The number of nitrogens with one attached hydrogen (secondary N) is 2. The minimum atomic E-state index is -0.0454. The van der Waals surface area contributed by atoms with Crippen molar-refractivity contribution < 1.29 is 4.79 Å². The molecule has 1 saturated heterocycles. The van der Waals surface area contributed by atoms with Crippen molar-refractivity contribution in [2.45, 2.75) is 31.7 Å². The van der Waals surface area contributed by atoms with Gasteiger partial charge in [0.2, 0.25) is 5.91 Å². The number of anilines is 1. The minimum absolute atomic E-state index is 0.0454. The largest absolute Gasteiger partial charge is 0.309 e. The summed E-state index contributed by atoms with van der Waals surface area (Å²) in [6.45, 7) is 3.15. The van der Waals surface area contributed by atoms with Crippen LogP contribution in [0.15, 0.2) is 78.9 Å². The third kappa shape index (κ3) is 4.89. The summed E-state index contributed by atoms with van der Waals surface area (Å²) < 4.78 is 0. The lowest BCUT2D eigenvalue weighted by molar-refractivity contribution is -0.115. The number of rotatable bonds is 6. The molecule has 5 nitrogen and oxygen atoms in total. The molecular weight excluding hydrogens is 396 g/mol. The summed E-state index contributed by atoms with van der Waals surface area (Å²) in [5, 5.41) is 12.8. The van der Waals surface area contributed by atoms with Crippen molar-refractivity contribution >= 4 is 22.5 Å². The molecule has 5 heteroatoms. The third-order valence-electron chi connectivity index (χ3n) is 6.32. The van der Waals surface area contributed by atoms with Crippen LogP contribution in [-0.2, 0) is 17.8 Å². The van der Waals surface area contributed by atoms with E-state index in [0.29, 0.717) is 18.2 Å². The van der Waals surface area contributed by atoms with Gasteiger partial charge in [-0.05, 0) is 47.8 Å². The molecule has 2 heterocycles. The molecule has 0 aliphatic carbocycles. The van der Waals surface area contributed by atoms with Crippen molar-refractivity contribution in [3.8, 4) is 0 Å². The highest BCUT2D eigenvalue weighted by Gasteiger charge is 2.22. The first kappa shape index (κ1) is 20.5. The van der Waals surface area contributed by atoms with Crippen LogP contribution in [0.3, 0.4) is 0 Å². The van der Waals surface area contributed by atoms with Gasteiger partial charge in [0.25, 0.3) is 0 Å². The van der Waals surface area contributed by atoms with E-state index in [2.05, 4.69) is 75.0 Å². The smallest absolute Gasteiger partial charge is 0.229 e. The SMILES string of the molecule is O=C(Cc1ccc2ccccc2c1)Nc1cc(C2CCN(Cc3ccccc3)CC2)[nH]n1. The van der Waals surface area contributed by atoms with E-state index in [0.717, 1.165) is 49.1 Å². The number of carbonyl (C=O) groups is 1. The van der Waals surface area contributed by atoms with Gasteiger partial charge in [-0.3, -0.25) is 14.8 Å². The maximum Gasteiger partial charge on any atom is 0.229 e. The monoisotopic (exact) mass is 424 g/mol. The van der Waals surface area contributed by atoms with Crippen molar-refractivity contribution in [1.82, 2.24) is 15.1 Å². The van der Waals surface area contributed by atoms with Crippen LogP contribution in [0.1, 0.15) is 35.6 Å². The zero-order valence-corrected chi connectivity index (χ0v) is 18.1. The molecule has 0 bridgehead atoms. The van der Waals surface area contributed by atoms with E-state index in [4.69, 9.17) is 0 Å². The Hall–Kier alpha value is -3.44. The average molecular weight is 425 g/mol. The third-order valence-corrected chi connectivity index (χ3v) is 6.32. The number of likely N-dealkylation sites (tertiary alicyclic amines) is 1. The van der Waals surface area contributed by atoms with Crippen LogP contribution in [0.4, 0.5) is 5.82 Å². The predicted octanol–water partition coefficient (Wildman–Crippen LogP) is 5.12. The number of fused-ring (bicyclic) bond motifs is 1. The lowest BCUT2D eigenvalue weighted by Gasteiger charge is -2.31. The Morgan fingerprint density at radius 3 is 2.47 bits per heavy atom. The second-order valence-electron chi connectivity index (χ2n) is 8.65. The zero-order chi connectivity index (χ0) is 21.8. The molecule has 1 aliphatic heterocycles. The molecule has 0 radical (unpaired) electrons. The number of carbonyl (C=O) groups excluding carboxylic acids is 1. The number of aromatic nitrogens is 2. The van der Waals surface area contributed by atoms with E-state index < -0.39 is 0 Å². The Labute approximate surface area is 188 Å². The summed E-state index contributed by atoms with van der Waals surface area (Å²) in [6, 6.07) is 27.0. The minimum Gasteiger partial charge on any atom is -0.309 e. The van der Waals surface area contributed by atoms with Gasteiger partial charge in [-0.1, -0.05) is 72.8 Å². The fourth-order valence-corrected chi connectivity index (χ4v) is 4.57. The molecule has 1 aliphatic rings. The summed E-state index contributed by atoms with van der Waals surface area (Å²) in [5.74, 6) is 1.02. The molecule has 162 valence electrons. The molecule has 0 unspecified atom stereocenters. The number of amides is 1. The van der Waals surface area contributed by atoms with Crippen molar-refractivity contribution in [2.75, 3.05) is 18.4 Å². The standard InChI is InChI=1S/C27H28N4O/c32-27(17-21-10-11-22-8-4-5-9-24(22)16-21)28-26-18-25(29-30-26)23-12-14-31(15-13-23)19-20-6-2-1-3-7-20/h1-11,16,18,23H,12-15,17,19H2,(H2,28,29,30,32). The highest BCUT2D eigenvalue weighted by Crippen LogP contribution is 2.28. The Morgan fingerprint density at radius 1 is 0.906 bits per heavy atom. The molecule has 32 heavy (non-hydrogen) atoms. The molecule has 2 N–H and O–H groups in total. The van der Waals surface area contributed by atoms with Gasteiger partial charge in [-0.15, -0.1) is 0 Å². The lowest BCUT2D eigenvalue weighted by atomic mass is 9.93. The Morgan fingerprint density at radius 2 is 1.66 bits per heavy atom. The topological polar surface area (TPSA) is 61.0 Å². The first-order valence-electron chi connectivity index (χ1n) is 11.3. The van der Waals surface area contributed by atoms with Crippen LogP contribution in [-0.4, -0.2) is 34.1 Å². The van der Waals surface area contributed by atoms with E-state index >= 15 is 0 Å². The number of nitrogens with zero attached hydrogens (tertiary/aromatic N) is 2. The normalized spacial score (nSPS) is 15.1. The summed E-state index contributed by atoms with van der Waals surface area (Å²) in [6.07, 6.45) is 2.53. The molecule has 3 aromatic carbocycles. The van der Waals surface area contributed by atoms with Crippen LogP contribution >= 0.6 is 0 Å². The number of benzene rings is 3. The van der Waals surface area contributed by atoms with Crippen molar-refractivity contribution in [2.24, 2.45) is 0 Å². The van der Waals surface area contributed by atoms with Gasteiger partial charge < -0.3 is 5.32 Å². The second kappa shape index (κ2) is 9.37. The fraction of sp³-hybridized carbons (Fsp3) is 0.259. The highest BCUT2D eigenvalue weighted by molar-refractivity contribution is 5.92. The summed E-state index contributed by atoms with van der Waals surface area (Å²) in [7, 11) is 0. The summed E-state index contributed by atoms with van der Waals surface area (Å²) in [4.78, 5) is 15.1. The van der Waals surface area contributed by atoms with Gasteiger partial charge in [0, 0.05) is 24.2 Å². The molecule has 1 aromatic heterocycles. The zero-order valence-electron chi connectivity index (χ0n) is 18.1. The van der Waals surface area contributed by atoms with Gasteiger partial charge >= 0.3 is 0 Å². The lowest BCUT2D eigenvalue weighted by Crippen LogP contribution is -2.32. The molecule has 0 atom stereocenters. The van der Waals surface area contributed by atoms with Crippen LogP contribution in [0, 0.1) is 0 Å². The molecule has 0 saturated carbocycles. The fourth-order valence-electron chi connectivity index (χ4n) is 4.57. The highest BCUT2D eigenvalue weighted by atomic mass is 16.1. The van der Waals surface area contributed by atoms with Crippen LogP contribution < -0.4 is 5.32 Å². The van der Waals surface area contributed by atoms with Gasteiger partial charge in [0.15, 0.2) is 5.82 Å².